The van der Waals surface area contributed by atoms with E-state index in [-0.39, 0.29) is 0 Å². The van der Waals surface area contributed by atoms with Gasteiger partial charge in [-0.1, -0.05) is 34.9 Å². The molecule has 1 aromatic carbocycles. The van der Waals surface area contributed by atoms with Crippen molar-refractivity contribution in [3.8, 4) is 16.3 Å². The summed E-state index contributed by atoms with van der Waals surface area (Å²) < 4.78 is 8.15. The fraction of sp³-hybridized carbons (Fsp3) is 0.286. The highest BCUT2D eigenvalue weighted by molar-refractivity contribution is 8.38. The SMILES string of the molecule is COc1ccc(-c2nn3c(CSC4=NCCS4)nnc3s2)cc1. The third kappa shape index (κ3) is 3.08. The number of aliphatic imine (C=N–C) groups is 1. The molecule has 0 amide bonds. The average molecular weight is 363 g/mol. The van der Waals surface area contributed by atoms with Crippen LogP contribution in [0.3, 0.4) is 0 Å². The van der Waals surface area contributed by atoms with E-state index >= 15 is 0 Å². The lowest BCUT2D eigenvalue weighted by atomic mass is 10.2. The summed E-state index contributed by atoms with van der Waals surface area (Å²) in [6.07, 6.45) is 0. The first kappa shape index (κ1) is 15.0. The zero-order chi connectivity index (χ0) is 15.6. The summed E-state index contributed by atoms with van der Waals surface area (Å²) in [6.45, 7) is 0.917. The van der Waals surface area contributed by atoms with E-state index in [0.717, 1.165) is 49.5 Å². The molecule has 0 radical (unpaired) electrons. The molecule has 118 valence electrons. The van der Waals surface area contributed by atoms with E-state index in [2.05, 4.69) is 20.3 Å². The molecule has 1 aliphatic rings. The summed E-state index contributed by atoms with van der Waals surface area (Å²) in [6, 6.07) is 7.87. The van der Waals surface area contributed by atoms with Crippen molar-refractivity contribution in [1.29, 1.82) is 0 Å². The van der Waals surface area contributed by atoms with Gasteiger partial charge < -0.3 is 4.74 Å². The highest BCUT2D eigenvalue weighted by Crippen LogP contribution is 2.29. The number of aromatic nitrogens is 4. The van der Waals surface area contributed by atoms with Gasteiger partial charge in [0.25, 0.3) is 0 Å². The largest absolute Gasteiger partial charge is 0.497 e. The quantitative estimate of drug-likeness (QED) is 0.709. The monoisotopic (exact) mass is 363 g/mol. The van der Waals surface area contributed by atoms with E-state index in [1.54, 1.807) is 30.6 Å². The summed E-state index contributed by atoms with van der Waals surface area (Å²) in [7, 11) is 1.66. The molecule has 0 unspecified atom stereocenters. The number of rotatable bonds is 4. The van der Waals surface area contributed by atoms with Gasteiger partial charge in [-0.2, -0.15) is 9.61 Å². The molecule has 6 nitrogen and oxygen atoms in total. The Hall–Kier alpha value is -1.58. The molecule has 0 fully saturated rings. The summed E-state index contributed by atoms with van der Waals surface area (Å²) >= 11 is 5.04. The second-order valence-corrected chi connectivity index (χ2v) is 7.99. The van der Waals surface area contributed by atoms with Crippen molar-refractivity contribution in [2.24, 2.45) is 4.99 Å². The maximum absolute atomic E-state index is 5.19. The van der Waals surface area contributed by atoms with Crippen LogP contribution >= 0.6 is 34.9 Å². The van der Waals surface area contributed by atoms with Gasteiger partial charge in [-0.15, -0.1) is 10.2 Å². The second kappa shape index (κ2) is 6.50. The number of nitrogens with zero attached hydrogens (tertiary/aromatic N) is 5. The van der Waals surface area contributed by atoms with E-state index in [9.17, 15) is 0 Å². The van der Waals surface area contributed by atoms with Crippen LogP contribution in [0.4, 0.5) is 0 Å². The lowest BCUT2D eigenvalue weighted by molar-refractivity contribution is 0.415. The van der Waals surface area contributed by atoms with Crippen molar-refractivity contribution in [1.82, 2.24) is 19.8 Å². The molecule has 4 rings (SSSR count). The Labute approximate surface area is 145 Å². The smallest absolute Gasteiger partial charge is 0.235 e. The van der Waals surface area contributed by atoms with Crippen LogP contribution in [0.2, 0.25) is 0 Å². The molecule has 0 aliphatic carbocycles. The number of hydrogen-bond acceptors (Lipinski definition) is 8. The molecule has 0 atom stereocenters. The van der Waals surface area contributed by atoms with Crippen molar-refractivity contribution in [2.45, 2.75) is 5.75 Å². The number of hydrogen-bond donors (Lipinski definition) is 0. The first-order valence-corrected chi connectivity index (χ1v) is 9.78. The predicted molar refractivity (Wildman–Crippen MR) is 96.7 cm³/mol. The molecule has 3 aromatic rings. The van der Waals surface area contributed by atoms with Crippen molar-refractivity contribution < 1.29 is 4.74 Å². The first-order chi connectivity index (χ1) is 11.3. The van der Waals surface area contributed by atoms with E-state index in [1.165, 1.54) is 11.3 Å². The van der Waals surface area contributed by atoms with Gasteiger partial charge >= 0.3 is 0 Å². The highest BCUT2D eigenvalue weighted by Gasteiger charge is 2.15. The van der Waals surface area contributed by atoms with Gasteiger partial charge in [-0.3, -0.25) is 4.99 Å². The van der Waals surface area contributed by atoms with Gasteiger partial charge in [0.05, 0.1) is 19.4 Å². The molecule has 3 heterocycles. The van der Waals surface area contributed by atoms with Gasteiger partial charge in [0, 0.05) is 11.3 Å². The van der Waals surface area contributed by atoms with Crippen molar-refractivity contribution >= 4 is 44.2 Å². The molecule has 9 heteroatoms. The van der Waals surface area contributed by atoms with Crippen molar-refractivity contribution in [2.75, 3.05) is 19.4 Å². The van der Waals surface area contributed by atoms with Crippen molar-refractivity contribution in [3.05, 3.63) is 30.1 Å². The molecule has 0 saturated carbocycles. The summed E-state index contributed by atoms with van der Waals surface area (Å²) in [5, 5.41) is 14.0. The Morgan fingerprint density at radius 1 is 1.26 bits per heavy atom. The minimum Gasteiger partial charge on any atom is -0.497 e. The van der Waals surface area contributed by atoms with Crippen LogP contribution in [0.25, 0.3) is 15.5 Å². The van der Waals surface area contributed by atoms with Crippen LogP contribution < -0.4 is 4.74 Å². The van der Waals surface area contributed by atoms with E-state index < -0.39 is 0 Å². The first-order valence-electron chi connectivity index (χ1n) is 6.99. The lowest BCUT2D eigenvalue weighted by Gasteiger charge is -2.00. The van der Waals surface area contributed by atoms with Crippen LogP contribution in [0.1, 0.15) is 5.82 Å². The van der Waals surface area contributed by atoms with Crippen LogP contribution in [-0.2, 0) is 5.75 Å². The molecular formula is C14H13N5OS3. The highest BCUT2D eigenvalue weighted by atomic mass is 32.2. The minimum absolute atomic E-state index is 0.735. The van der Waals surface area contributed by atoms with Gasteiger partial charge in [-0.05, 0) is 24.3 Å². The predicted octanol–water partition coefficient (Wildman–Crippen LogP) is 3.20. The van der Waals surface area contributed by atoms with Crippen LogP contribution in [0.5, 0.6) is 5.75 Å². The Kier molecular flexibility index (Phi) is 4.23. The van der Waals surface area contributed by atoms with Crippen LogP contribution in [-0.4, -0.2) is 43.6 Å². The standard InChI is InChI=1S/C14H13N5OS3/c1-20-10-4-2-9(3-5-10)12-18-19-11(16-17-13(19)23-12)8-22-14-15-6-7-21-14/h2-5H,6-8H2,1H3. The Morgan fingerprint density at radius 3 is 2.87 bits per heavy atom. The zero-order valence-electron chi connectivity index (χ0n) is 12.3. The topological polar surface area (TPSA) is 64.7 Å². The van der Waals surface area contributed by atoms with Gasteiger partial charge in [-0.25, -0.2) is 0 Å². The van der Waals surface area contributed by atoms with Crippen LogP contribution in [0.15, 0.2) is 29.3 Å². The lowest BCUT2D eigenvalue weighted by Crippen LogP contribution is -1.95. The third-order valence-electron chi connectivity index (χ3n) is 3.27. The normalized spacial score (nSPS) is 14.4. The number of benzene rings is 1. The van der Waals surface area contributed by atoms with Crippen LogP contribution in [0, 0.1) is 0 Å². The maximum Gasteiger partial charge on any atom is 0.235 e. The van der Waals surface area contributed by atoms with Crippen molar-refractivity contribution in [3.63, 3.8) is 0 Å². The summed E-state index contributed by atoms with van der Waals surface area (Å²) in [4.78, 5) is 5.25. The molecule has 0 N–H and O–H groups in total. The third-order valence-corrected chi connectivity index (χ3v) is 6.47. The fourth-order valence-corrected chi connectivity index (χ4v) is 4.91. The van der Waals surface area contributed by atoms with E-state index in [1.807, 2.05) is 28.8 Å². The van der Waals surface area contributed by atoms with Gasteiger partial charge in [0.2, 0.25) is 4.96 Å². The Bertz CT molecular complexity index is 855. The van der Waals surface area contributed by atoms with E-state index in [4.69, 9.17) is 4.74 Å². The molecule has 2 aromatic heterocycles. The molecule has 1 aliphatic heterocycles. The minimum atomic E-state index is 0.735. The van der Waals surface area contributed by atoms with Gasteiger partial charge in [0.1, 0.15) is 15.1 Å². The number of fused-ring (bicyclic) bond motifs is 1. The second-order valence-electron chi connectivity index (χ2n) is 4.73. The average Bonchev–Trinajstić information content (AvgIpc) is 3.30. The molecule has 0 bridgehead atoms. The molecule has 0 spiro atoms. The Balaban J connectivity index is 1.57. The molecular weight excluding hydrogens is 350 g/mol. The Morgan fingerprint density at radius 2 is 2.13 bits per heavy atom. The number of methoxy groups -OCH3 is 1. The molecule has 23 heavy (non-hydrogen) atoms. The number of ether oxygens (including phenoxy) is 1. The molecule has 0 saturated heterocycles. The zero-order valence-corrected chi connectivity index (χ0v) is 14.7. The fourth-order valence-electron chi connectivity index (χ4n) is 2.13. The number of thioether (sulfide) groups is 2. The van der Waals surface area contributed by atoms with Gasteiger partial charge in [0.15, 0.2) is 5.82 Å². The van der Waals surface area contributed by atoms with E-state index in [0.29, 0.717) is 0 Å². The summed E-state index contributed by atoms with van der Waals surface area (Å²) in [5.41, 5.74) is 1.05. The summed E-state index contributed by atoms with van der Waals surface area (Å²) in [5.74, 6) is 3.51. The maximum atomic E-state index is 5.19.